The summed E-state index contributed by atoms with van der Waals surface area (Å²) in [6.07, 6.45) is 1.97. The van der Waals surface area contributed by atoms with Crippen LogP contribution in [0.5, 0.6) is 5.75 Å². The van der Waals surface area contributed by atoms with Gasteiger partial charge in [-0.1, -0.05) is 78.9 Å². The predicted molar refractivity (Wildman–Crippen MR) is 146 cm³/mol. The average molecular weight is 476 g/mol. The van der Waals surface area contributed by atoms with Crippen molar-refractivity contribution in [2.75, 3.05) is 13.1 Å². The molecule has 3 nitrogen and oxygen atoms in total. The van der Waals surface area contributed by atoms with Crippen LogP contribution in [0.3, 0.4) is 0 Å². The molecular weight excluding hydrogens is 442 g/mol. The Morgan fingerprint density at radius 1 is 0.833 bits per heavy atom. The molecule has 4 aromatic carbocycles. The van der Waals surface area contributed by atoms with E-state index in [1.165, 1.54) is 27.8 Å². The van der Waals surface area contributed by atoms with Crippen molar-refractivity contribution in [2.24, 2.45) is 0 Å². The zero-order valence-corrected chi connectivity index (χ0v) is 21.1. The highest BCUT2D eigenvalue weighted by atomic mass is 16.5. The number of carbonyl (C=O) groups excluding carboxylic acids is 1. The molecule has 4 aromatic rings. The van der Waals surface area contributed by atoms with Crippen LogP contribution < -0.4 is 4.74 Å². The van der Waals surface area contributed by atoms with Crippen molar-refractivity contribution in [1.82, 2.24) is 4.90 Å². The number of hydrogen-bond donors (Lipinski definition) is 0. The summed E-state index contributed by atoms with van der Waals surface area (Å²) in [6.45, 7) is 6.40. The molecule has 0 saturated carbocycles. The number of amides is 1. The molecule has 5 rings (SSSR count). The molecule has 0 radical (unpaired) electrons. The fraction of sp³-hybridized carbons (Fsp3) is 0.242. The average Bonchev–Trinajstić information content (AvgIpc) is 2.94. The number of ether oxygens (including phenoxy) is 1. The number of carbonyl (C=O) groups is 1. The van der Waals surface area contributed by atoms with Gasteiger partial charge < -0.3 is 9.64 Å². The summed E-state index contributed by atoms with van der Waals surface area (Å²) in [5, 5.41) is 0. The van der Waals surface area contributed by atoms with Crippen molar-refractivity contribution in [1.29, 1.82) is 0 Å². The second-order valence-corrected chi connectivity index (χ2v) is 9.74. The minimum atomic E-state index is 0.0869. The molecule has 1 amide bonds. The van der Waals surface area contributed by atoms with Crippen molar-refractivity contribution in [3.63, 3.8) is 0 Å². The summed E-state index contributed by atoms with van der Waals surface area (Å²) in [5.41, 5.74) is 8.40. The minimum absolute atomic E-state index is 0.0869. The predicted octanol–water partition coefficient (Wildman–Crippen LogP) is 7.57. The number of piperidine rings is 1. The molecular formula is C33H33NO2. The van der Waals surface area contributed by atoms with Gasteiger partial charge in [-0.2, -0.15) is 0 Å². The molecule has 0 aromatic heterocycles. The molecule has 3 heteroatoms. The summed E-state index contributed by atoms with van der Waals surface area (Å²) in [6, 6.07) is 33.2. The summed E-state index contributed by atoms with van der Waals surface area (Å²) < 4.78 is 5.93. The molecule has 36 heavy (non-hydrogen) atoms. The van der Waals surface area contributed by atoms with Crippen LogP contribution in [-0.4, -0.2) is 23.9 Å². The van der Waals surface area contributed by atoms with Crippen LogP contribution in [0.4, 0.5) is 0 Å². The molecule has 0 bridgehead atoms. The SMILES string of the molecule is Cc1cccc(-c2ccc(C3CCN(C(=O)c4cccc(OCc5ccccc5)c4)CC3)cc2)c1C. The first-order valence-electron chi connectivity index (χ1n) is 12.8. The van der Waals surface area contributed by atoms with Gasteiger partial charge in [0, 0.05) is 18.7 Å². The first-order chi connectivity index (χ1) is 17.6. The van der Waals surface area contributed by atoms with Crippen LogP contribution in [0.15, 0.2) is 97.1 Å². The Hall–Kier alpha value is -3.85. The van der Waals surface area contributed by atoms with Gasteiger partial charge in [0.05, 0.1) is 0 Å². The van der Waals surface area contributed by atoms with Crippen molar-refractivity contribution < 1.29 is 9.53 Å². The minimum Gasteiger partial charge on any atom is -0.489 e. The van der Waals surface area contributed by atoms with E-state index in [9.17, 15) is 4.79 Å². The van der Waals surface area contributed by atoms with E-state index < -0.39 is 0 Å². The summed E-state index contributed by atoms with van der Waals surface area (Å²) in [4.78, 5) is 15.2. The first kappa shape index (κ1) is 23.9. The third kappa shape index (κ3) is 5.36. The van der Waals surface area contributed by atoms with Gasteiger partial charge in [-0.05, 0) is 84.2 Å². The summed E-state index contributed by atoms with van der Waals surface area (Å²) in [7, 11) is 0. The van der Waals surface area contributed by atoms with Gasteiger partial charge in [0.25, 0.3) is 5.91 Å². The van der Waals surface area contributed by atoms with Gasteiger partial charge in [-0.15, -0.1) is 0 Å². The van der Waals surface area contributed by atoms with Gasteiger partial charge in [0.1, 0.15) is 12.4 Å². The maximum Gasteiger partial charge on any atom is 0.253 e. The number of rotatable bonds is 6. The quantitative estimate of drug-likeness (QED) is 0.288. The normalized spacial score (nSPS) is 14.0. The van der Waals surface area contributed by atoms with Gasteiger partial charge in [-0.3, -0.25) is 4.79 Å². The standard InChI is InChI=1S/C33H33NO2/c1-24-8-6-13-32(25(24)2)29-16-14-27(15-17-29)28-18-20-34(21-19-28)33(35)30-11-7-12-31(22-30)36-23-26-9-4-3-5-10-26/h3-17,22,28H,18-21,23H2,1-2H3. The third-order valence-electron chi connectivity index (χ3n) is 7.41. The van der Waals surface area contributed by atoms with Gasteiger partial charge >= 0.3 is 0 Å². The van der Waals surface area contributed by atoms with Crippen molar-refractivity contribution >= 4 is 5.91 Å². The Morgan fingerprint density at radius 3 is 2.31 bits per heavy atom. The van der Waals surface area contributed by atoms with E-state index in [0.717, 1.165) is 37.2 Å². The maximum absolute atomic E-state index is 13.2. The Labute approximate surface area is 214 Å². The van der Waals surface area contributed by atoms with Crippen molar-refractivity contribution in [2.45, 2.75) is 39.2 Å². The topological polar surface area (TPSA) is 29.5 Å². The lowest BCUT2D eigenvalue weighted by Crippen LogP contribution is -2.37. The summed E-state index contributed by atoms with van der Waals surface area (Å²) in [5.74, 6) is 1.30. The number of nitrogens with zero attached hydrogens (tertiary/aromatic N) is 1. The fourth-order valence-corrected chi connectivity index (χ4v) is 5.06. The molecule has 0 spiro atoms. The zero-order chi connectivity index (χ0) is 24.9. The Kier molecular flexibility index (Phi) is 7.18. The van der Waals surface area contributed by atoms with Crippen molar-refractivity contribution in [3.05, 3.63) is 125 Å². The molecule has 0 aliphatic carbocycles. The van der Waals surface area contributed by atoms with Crippen molar-refractivity contribution in [3.8, 4) is 16.9 Å². The third-order valence-corrected chi connectivity index (χ3v) is 7.41. The van der Waals surface area contributed by atoms with Crippen LogP contribution in [0.2, 0.25) is 0 Å². The molecule has 1 fully saturated rings. The molecule has 0 atom stereocenters. The Balaban J connectivity index is 1.19. The van der Waals surface area contributed by atoms with Gasteiger partial charge in [-0.25, -0.2) is 0 Å². The molecule has 182 valence electrons. The highest BCUT2D eigenvalue weighted by Gasteiger charge is 2.25. The van der Waals surface area contributed by atoms with Crippen LogP contribution in [-0.2, 0) is 6.61 Å². The first-order valence-corrected chi connectivity index (χ1v) is 12.8. The van der Waals surface area contributed by atoms with Gasteiger partial charge in [0.2, 0.25) is 0 Å². The lowest BCUT2D eigenvalue weighted by atomic mass is 9.87. The fourth-order valence-electron chi connectivity index (χ4n) is 5.06. The van der Waals surface area contributed by atoms with Crippen LogP contribution >= 0.6 is 0 Å². The van der Waals surface area contributed by atoms with Crippen LogP contribution in [0.1, 0.15) is 51.4 Å². The maximum atomic E-state index is 13.2. The van der Waals surface area contributed by atoms with Gasteiger partial charge in [0.15, 0.2) is 0 Å². The lowest BCUT2D eigenvalue weighted by Gasteiger charge is -2.32. The molecule has 1 saturated heterocycles. The Morgan fingerprint density at radius 2 is 1.56 bits per heavy atom. The smallest absolute Gasteiger partial charge is 0.253 e. The van der Waals surface area contributed by atoms with E-state index in [0.29, 0.717) is 18.1 Å². The van der Waals surface area contributed by atoms with E-state index in [1.807, 2.05) is 59.5 Å². The highest BCUT2D eigenvalue weighted by Crippen LogP contribution is 2.32. The molecule has 1 heterocycles. The largest absolute Gasteiger partial charge is 0.489 e. The zero-order valence-electron chi connectivity index (χ0n) is 21.1. The molecule has 0 N–H and O–H groups in total. The highest BCUT2D eigenvalue weighted by molar-refractivity contribution is 5.94. The number of aryl methyl sites for hydroxylation is 1. The van der Waals surface area contributed by atoms with Crippen LogP contribution in [0.25, 0.3) is 11.1 Å². The number of benzene rings is 4. The molecule has 1 aliphatic heterocycles. The second-order valence-electron chi connectivity index (χ2n) is 9.74. The second kappa shape index (κ2) is 10.8. The van der Waals surface area contributed by atoms with Crippen LogP contribution in [0, 0.1) is 13.8 Å². The van der Waals surface area contributed by atoms with E-state index in [2.05, 4.69) is 56.3 Å². The summed E-state index contributed by atoms with van der Waals surface area (Å²) >= 11 is 0. The number of hydrogen-bond acceptors (Lipinski definition) is 2. The van der Waals surface area contributed by atoms with E-state index in [-0.39, 0.29) is 5.91 Å². The van der Waals surface area contributed by atoms with E-state index in [4.69, 9.17) is 4.74 Å². The number of likely N-dealkylation sites (tertiary alicyclic amines) is 1. The monoisotopic (exact) mass is 475 g/mol. The lowest BCUT2D eigenvalue weighted by molar-refractivity contribution is 0.0712. The van der Waals surface area contributed by atoms with E-state index >= 15 is 0 Å². The van der Waals surface area contributed by atoms with E-state index in [1.54, 1.807) is 0 Å². The molecule has 1 aliphatic rings. The Bertz CT molecular complexity index is 1320. The molecule has 0 unspecified atom stereocenters.